The van der Waals surface area contributed by atoms with E-state index in [1.807, 2.05) is 0 Å². The number of benzene rings is 1. The van der Waals surface area contributed by atoms with Gasteiger partial charge in [-0.1, -0.05) is 18.5 Å². The molecule has 20 heavy (non-hydrogen) atoms. The first-order valence-electron chi connectivity index (χ1n) is 6.99. The summed E-state index contributed by atoms with van der Waals surface area (Å²) >= 11 is 11.2. The molecule has 0 spiro atoms. The monoisotopic (exact) mass is 310 g/mol. The van der Waals surface area contributed by atoms with Crippen molar-refractivity contribution in [3.8, 4) is 0 Å². The molecule has 5 heteroatoms. The van der Waals surface area contributed by atoms with Crippen molar-refractivity contribution in [2.45, 2.75) is 38.6 Å². The number of hydrogen-bond donors (Lipinski definition) is 1. The highest BCUT2D eigenvalue weighted by Gasteiger charge is 2.24. The molecule has 1 amide bonds. The van der Waals surface area contributed by atoms with Gasteiger partial charge < -0.3 is 4.90 Å². The smallest absolute Gasteiger partial charge is 0.257 e. The van der Waals surface area contributed by atoms with Crippen molar-refractivity contribution in [1.82, 2.24) is 10.2 Å². The maximum absolute atomic E-state index is 12.1. The zero-order valence-electron chi connectivity index (χ0n) is 11.6. The molecule has 1 aromatic rings. The molecular formula is C15H19ClN2OS. The third-order valence-corrected chi connectivity index (χ3v) is 4.27. The fourth-order valence-corrected chi connectivity index (χ4v) is 2.99. The van der Waals surface area contributed by atoms with E-state index in [1.54, 1.807) is 24.3 Å². The van der Waals surface area contributed by atoms with E-state index >= 15 is 0 Å². The fraction of sp³-hybridized carbons (Fsp3) is 0.467. The molecular weight excluding hydrogens is 292 g/mol. The average Bonchev–Trinajstić information content (AvgIpc) is 2.47. The number of amides is 1. The predicted octanol–water partition coefficient (Wildman–Crippen LogP) is 3.62. The maximum Gasteiger partial charge on any atom is 0.257 e. The average molecular weight is 311 g/mol. The number of nitrogens with one attached hydrogen (secondary N) is 1. The Morgan fingerprint density at radius 3 is 2.75 bits per heavy atom. The van der Waals surface area contributed by atoms with E-state index in [-0.39, 0.29) is 5.91 Å². The van der Waals surface area contributed by atoms with E-state index in [2.05, 4.69) is 17.1 Å². The van der Waals surface area contributed by atoms with Crippen molar-refractivity contribution in [3.63, 3.8) is 0 Å². The van der Waals surface area contributed by atoms with Gasteiger partial charge in [-0.05, 0) is 62.2 Å². The molecule has 3 nitrogen and oxygen atoms in total. The van der Waals surface area contributed by atoms with E-state index < -0.39 is 0 Å². The number of piperidine rings is 1. The second-order valence-electron chi connectivity index (χ2n) is 5.02. The number of likely N-dealkylation sites (tertiary alicyclic amines) is 1. The van der Waals surface area contributed by atoms with Crippen LogP contribution in [0.4, 0.5) is 0 Å². The van der Waals surface area contributed by atoms with Gasteiger partial charge in [0.25, 0.3) is 5.91 Å². The Morgan fingerprint density at radius 1 is 1.40 bits per heavy atom. The lowest BCUT2D eigenvalue weighted by molar-refractivity contribution is 0.0969. The number of carbonyl (C=O) groups is 1. The Morgan fingerprint density at radius 2 is 2.10 bits per heavy atom. The van der Waals surface area contributed by atoms with E-state index in [4.69, 9.17) is 23.8 Å². The lowest BCUT2D eigenvalue weighted by atomic mass is 10.0. The quantitative estimate of drug-likeness (QED) is 0.847. The molecule has 1 heterocycles. The summed E-state index contributed by atoms with van der Waals surface area (Å²) in [5, 5.41) is 3.98. The van der Waals surface area contributed by atoms with Crippen LogP contribution in [-0.4, -0.2) is 28.5 Å². The van der Waals surface area contributed by atoms with Gasteiger partial charge in [0.1, 0.15) is 0 Å². The van der Waals surface area contributed by atoms with Gasteiger partial charge in [-0.3, -0.25) is 10.1 Å². The summed E-state index contributed by atoms with van der Waals surface area (Å²) in [6.45, 7) is 3.09. The third kappa shape index (κ3) is 3.70. The Labute approximate surface area is 130 Å². The summed E-state index contributed by atoms with van der Waals surface area (Å²) in [6.07, 6.45) is 4.57. The van der Waals surface area contributed by atoms with Crippen molar-refractivity contribution in [2.24, 2.45) is 0 Å². The van der Waals surface area contributed by atoms with Crippen molar-refractivity contribution in [3.05, 3.63) is 34.9 Å². The lowest BCUT2D eigenvalue weighted by Gasteiger charge is -2.37. The number of hydrogen-bond acceptors (Lipinski definition) is 2. The minimum Gasteiger partial charge on any atom is -0.346 e. The second-order valence-corrected chi connectivity index (χ2v) is 5.84. The summed E-state index contributed by atoms with van der Waals surface area (Å²) in [4.78, 5) is 14.3. The minimum absolute atomic E-state index is 0.174. The van der Waals surface area contributed by atoms with Crippen molar-refractivity contribution in [2.75, 3.05) is 6.54 Å². The number of carbonyl (C=O) groups excluding carboxylic acids is 1. The van der Waals surface area contributed by atoms with Crippen molar-refractivity contribution in [1.29, 1.82) is 0 Å². The van der Waals surface area contributed by atoms with Gasteiger partial charge in [0.05, 0.1) is 0 Å². The van der Waals surface area contributed by atoms with Crippen LogP contribution in [0.1, 0.15) is 43.0 Å². The Hall–Kier alpha value is -1.13. The van der Waals surface area contributed by atoms with Crippen LogP contribution in [0.5, 0.6) is 0 Å². The Bertz CT molecular complexity index is 489. The Balaban J connectivity index is 1.99. The highest BCUT2D eigenvalue weighted by atomic mass is 35.5. The Kier molecular flexibility index (Phi) is 5.38. The van der Waals surface area contributed by atoms with Crippen LogP contribution in [0.2, 0.25) is 5.02 Å². The number of rotatable bonds is 2. The zero-order chi connectivity index (χ0) is 14.5. The molecule has 1 aromatic carbocycles. The molecule has 2 rings (SSSR count). The van der Waals surface area contributed by atoms with Crippen LogP contribution >= 0.6 is 23.8 Å². The molecule has 1 atom stereocenters. The van der Waals surface area contributed by atoms with Gasteiger partial charge in [0.2, 0.25) is 0 Å². The van der Waals surface area contributed by atoms with E-state index in [1.165, 1.54) is 6.42 Å². The normalized spacial score (nSPS) is 18.7. The van der Waals surface area contributed by atoms with Crippen LogP contribution < -0.4 is 5.32 Å². The highest BCUT2D eigenvalue weighted by molar-refractivity contribution is 7.80. The van der Waals surface area contributed by atoms with Gasteiger partial charge in [-0.25, -0.2) is 0 Å². The van der Waals surface area contributed by atoms with Gasteiger partial charge in [-0.15, -0.1) is 0 Å². The van der Waals surface area contributed by atoms with Crippen LogP contribution in [0.25, 0.3) is 0 Å². The summed E-state index contributed by atoms with van der Waals surface area (Å²) < 4.78 is 0. The molecule has 1 N–H and O–H groups in total. The maximum atomic E-state index is 12.1. The number of thiocarbonyl (C=S) groups is 1. The SMILES string of the molecule is CCC1CCCCN1C(=S)NC(=O)c1ccc(Cl)cc1. The fourth-order valence-electron chi connectivity index (χ4n) is 2.53. The molecule has 1 fully saturated rings. The predicted molar refractivity (Wildman–Crippen MR) is 86.2 cm³/mol. The standard InChI is InChI=1S/C15H19ClN2OS/c1-2-13-5-3-4-10-18(13)15(20)17-14(19)11-6-8-12(16)9-7-11/h6-9,13H,2-5,10H2,1H3,(H,17,19,20). The zero-order valence-corrected chi connectivity index (χ0v) is 13.1. The lowest BCUT2D eigenvalue weighted by Crippen LogP contribution is -2.49. The molecule has 0 radical (unpaired) electrons. The first-order chi connectivity index (χ1) is 9.61. The second kappa shape index (κ2) is 7.04. The number of nitrogens with zero attached hydrogens (tertiary/aromatic N) is 1. The van der Waals surface area contributed by atoms with E-state index in [9.17, 15) is 4.79 Å². The van der Waals surface area contributed by atoms with Crippen molar-refractivity contribution < 1.29 is 4.79 Å². The molecule has 108 valence electrons. The highest BCUT2D eigenvalue weighted by Crippen LogP contribution is 2.19. The van der Waals surface area contributed by atoms with E-state index in [0.717, 1.165) is 25.8 Å². The molecule has 1 unspecified atom stereocenters. The molecule has 1 saturated heterocycles. The van der Waals surface area contributed by atoms with Gasteiger partial charge in [0.15, 0.2) is 5.11 Å². The van der Waals surface area contributed by atoms with Crippen LogP contribution in [0.15, 0.2) is 24.3 Å². The van der Waals surface area contributed by atoms with E-state index in [0.29, 0.717) is 21.7 Å². The molecule has 0 saturated carbocycles. The van der Waals surface area contributed by atoms with Gasteiger partial charge in [-0.2, -0.15) is 0 Å². The summed E-state index contributed by atoms with van der Waals surface area (Å²) in [5.74, 6) is -0.174. The molecule has 0 aromatic heterocycles. The summed E-state index contributed by atoms with van der Waals surface area (Å²) in [6, 6.07) is 7.26. The third-order valence-electron chi connectivity index (χ3n) is 3.69. The molecule has 1 aliphatic rings. The number of halogens is 1. The minimum atomic E-state index is -0.174. The van der Waals surface area contributed by atoms with Gasteiger partial charge in [0, 0.05) is 23.2 Å². The summed E-state index contributed by atoms with van der Waals surface area (Å²) in [7, 11) is 0. The first-order valence-corrected chi connectivity index (χ1v) is 7.78. The summed E-state index contributed by atoms with van der Waals surface area (Å²) in [5.41, 5.74) is 0.571. The first kappa shape index (κ1) is 15.3. The van der Waals surface area contributed by atoms with Crippen LogP contribution in [0.3, 0.4) is 0 Å². The van der Waals surface area contributed by atoms with Gasteiger partial charge >= 0.3 is 0 Å². The molecule has 1 aliphatic heterocycles. The van der Waals surface area contributed by atoms with Crippen LogP contribution in [-0.2, 0) is 0 Å². The molecule has 0 bridgehead atoms. The largest absolute Gasteiger partial charge is 0.346 e. The molecule has 0 aliphatic carbocycles. The van der Waals surface area contributed by atoms with Crippen LogP contribution in [0, 0.1) is 0 Å². The van der Waals surface area contributed by atoms with Crippen molar-refractivity contribution >= 4 is 34.8 Å². The topological polar surface area (TPSA) is 32.3 Å².